The molecule has 1 heterocycles. The second kappa shape index (κ2) is 5.17. The molecule has 1 fully saturated rings. The molecule has 94 valence electrons. The first-order valence-electron chi connectivity index (χ1n) is 5.78. The van der Waals surface area contributed by atoms with Crippen molar-refractivity contribution in [3.8, 4) is 6.07 Å². The maximum absolute atomic E-state index is 11.9. The monoisotopic (exact) mass is 245 g/mol. The van der Waals surface area contributed by atoms with Gasteiger partial charge in [0, 0.05) is 13.2 Å². The number of nitrogens with two attached hydrogens (primary N) is 1. The van der Waals surface area contributed by atoms with Crippen LogP contribution in [0.4, 0.5) is 0 Å². The summed E-state index contributed by atoms with van der Waals surface area (Å²) in [5.41, 5.74) is 6.57. The lowest BCUT2D eigenvalue weighted by Crippen LogP contribution is -2.54. The lowest BCUT2D eigenvalue weighted by atomic mass is 9.99. The van der Waals surface area contributed by atoms with Gasteiger partial charge in [-0.05, 0) is 24.1 Å². The number of hydrogen-bond donors (Lipinski definition) is 2. The van der Waals surface area contributed by atoms with E-state index in [0.29, 0.717) is 25.1 Å². The summed E-state index contributed by atoms with van der Waals surface area (Å²) >= 11 is 0. The molecular formula is C13H15N3O2. The van der Waals surface area contributed by atoms with E-state index in [1.54, 1.807) is 12.1 Å². The van der Waals surface area contributed by atoms with Crippen molar-refractivity contribution in [2.24, 2.45) is 5.73 Å². The molecule has 1 amide bonds. The van der Waals surface area contributed by atoms with Gasteiger partial charge in [0.05, 0.1) is 18.2 Å². The summed E-state index contributed by atoms with van der Waals surface area (Å²) < 4.78 is 5.14. The van der Waals surface area contributed by atoms with Crippen molar-refractivity contribution in [1.82, 2.24) is 5.32 Å². The smallest absolute Gasteiger partial charge is 0.242 e. The van der Waals surface area contributed by atoms with Crippen LogP contribution in [0.25, 0.3) is 0 Å². The van der Waals surface area contributed by atoms with Gasteiger partial charge in [-0.15, -0.1) is 0 Å². The van der Waals surface area contributed by atoms with Crippen LogP contribution in [0.5, 0.6) is 0 Å². The highest BCUT2D eigenvalue weighted by atomic mass is 16.5. The molecule has 18 heavy (non-hydrogen) atoms. The fraction of sp³-hybridized carbons (Fsp3) is 0.385. The van der Waals surface area contributed by atoms with Crippen molar-refractivity contribution in [1.29, 1.82) is 5.26 Å². The Hall–Kier alpha value is -1.90. The van der Waals surface area contributed by atoms with Crippen LogP contribution in [0.2, 0.25) is 0 Å². The van der Waals surface area contributed by atoms with E-state index in [1.165, 1.54) is 0 Å². The first-order valence-corrected chi connectivity index (χ1v) is 5.78. The topological polar surface area (TPSA) is 88.1 Å². The third kappa shape index (κ3) is 2.67. The Kier molecular flexibility index (Phi) is 3.60. The average molecular weight is 245 g/mol. The summed E-state index contributed by atoms with van der Waals surface area (Å²) in [7, 11) is 0. The van der Waals surface area contributed by atoms with E-state index in [1.807, 2.05) is 18.2 Å². The highest BCUT2D eigenvalue weighted by Crippen LogP contribution is 2.15. The molecule has 1 saturated heterocycles. The molecule has 0 aromatic heterocycles. The van der Waals surface area contributed by atoms with Gasteiger partial charge in [0.2, 0.25) is 5.91 Å². The van der Waals surface area contributed by atoms with Crippen LogP contribution in [-0.4, -0.2) is 24.7 Å². The quantitative estimate of drug-likeness (QED) is 0.801. The second-order valence-corrected chi connectivity index (χ2v) is 4.45. The molecule has 3 N–H and O–H groups in total. The number of nitriles is 1. The highest BCUT2D eigenvalue weighted by molar-refractivity contribution is 5.86. The average Bonchev–Trinajstić information content (AvgIpc) is 2.85. The van der Waals surface area contributed by atoms with Gasteiger partial charge in [0.25, 0.3) is 0 Å². The van der Waals surface area contributed by atoms with E-state index in [-0.39, 0.29) is 12.5 Å². The summed E-state index contributed by atoms with van der Waals surface area (Å²) in [5.74, 6) is -0.190. The maximum Gasteiger partial charge on any atom is 0.242 e. The van der Waals surface area contributed by atoms with Crippen LogP contribution in [0.1, 0.15) is 17.5 Å². The molecule has 0 radical (unpaired) electrons. The zero-order valence-corrected chi connectivity index (χ0v) is 9.98. The van der Waals surface area contributed by atoms with Crippen LogP contribution in [0, 0.1) is 11.3 Å². The Balaban J connectivity index is 1.91. The summed E-state index contributed by atoms with van der Waals surface area (Å²) in [4.78, 5) is 11.9. The van der Waals surface area contributed by atoms with Crippen molar-refractivity contribution in [2.45, 2.75) is 18.5 Å². The molecule has 0 saturated carbocycles. The number of rotatable bonds is 3. The molecule has 1 unspecified atom stereocenters. The number of nitrogens with one attached hydrogen (secondary N) is 1. The van der Waals surface area contributed by atoms with Crippen molar-refractivity contribution >= 4 is 5.91 Å². The van der Waals surface area contributed by atoms with Crippen LogP contribution < -0.4 is 11.1 Å². The summed E-state index contributed by atoms with van der Waals surface area (Å²) in [6, 6.07) is 9.11. The first-order chi connectivity index (χ1) is 8.64. The van der Waals surface area contributed by atoms with Gasteiger partial charge < -0.3 is 15.8 Å². The van der Waals surface area contributed by atoms with Crippen molar-refractivity contribution in [3.05, 3.63) is 35.4 Å². The van der Waals surface area contributed by atoms with E-state index in [4.69, 9.17) is 15.7 Å². The van der Waals surface area contributed by atoms with Gasteiger partial charge in [0.15, 0.2) is 0 Å². The second-order valence-electron chi connectivity index (χ2n) is 4.45. The Morgan fingerprint density at radius 1 is 1.50 bits per heavy atom. The minimum atomic E-state index is -0.896. The van der Waals surface area contributed by atoms with Crippen molar-refractivity contribution < 1.29 is 9.53 Å². The predicted molar refractivity (Wildman–Crippen MR) is 65.4 cm³/mol. The molecule has 5 heteroatoms. The number of nitrogens with zero attached hydrogens (tertiary/aromatic N) is 1. The lowest BCUT2D eigenvalue weighted by molar-refractivity contribution is -0.126. The third-order valence-electron chi connectivity index (χ3n) is 3.04. The molecule has 0 spiro atoms. The molecule has 2 rings (SSSR count). The van der Waals surface area contributed by atoms with E-state index < -0.39 is 5.54 Å². The van der Waals surface area contributed by atoms with Gasteiger partial charge in [0.1, 0.15) is 5.54 Å². The van der Waals surface area contributed by atoms with Gasteiger partial charge in [-0.3, -0.25) is 4.79 Å². The zero-order chi connectivity index (χ0) is 13.0. The summed E-state index contributed by atoms with van der Waals surface area (Å²) in [6.45, 7) is 1.20. The Labute approximate surface area is 106 Å². The largest absolute Gasteiger partial charge is 0.379 e. The normalized spacial score (nSPS) is 22.4. The molecule has 1 atom stereocenters. The Morgan fingerprint density at radius 3 is 2.78 bits per heavy atom. The van der Waals surface area contributed by atoms with E-state index in [9.17, 15) is 4.79 Å². The van der Waals surface area contributed by atoms with E-state index in [0.717, 1.165) is 5.56 Å². The van der Waals surface area contributed by atoms with Crippen molar-refractivity contribution in [2.75, 3.05) is 13.2 Å². The van der Waals surface area contributed by atoms with E-state index >= 15 is 0 Å². The van der Waals surface area contributed by atoms with Crippen molar-refractivity contribution in [3.63, 3.8) is 0 Å². The summed E-state index contributed by atoms with van der Waals surface area (Å²) in [5, 5.41) is 11.5. The zero-order valence-electron chi connectivity index (χ0n) is 9.98. The molecule has 1 aromatic rings. The minimum Gasteiger partial charge on any atom is -0.379 e. The molecular weight excluding hydrogens is 230 g/mol. The van der Waals surface area contributed by atoms with Gasteiger partial charge in [-0.2, -0.15) is 5.26 Å². The number of amides is 1. The molecule has 1 aliphatic rings. The maximum atomic E-state index is 11.9. The minimum absolute atomic E-state index is 0.190. The molecule has 1 aliphatic heterocycles. The number of hydrogen-bond acceptors (Lipinski definition) is 4. The lowest BCUT2D eigenvalue weighted by Gasteiger charge is -2.20. The van der Waals surface area contributed by atoms with Crippen LogP contribution in [0.3, 0.4) is 0 Å². The van der Waals surface area contributed by atoms with Crippen LogP contribution in [0.15, 0.2) is 24.3 Å². The Bertz CT molecular complexity index is 470. The first kappa shape index (κ1) is 12.6. The fourth-order valence-electron chi connectivity index (χ4n) is 1.82. The summed E-state index contributed by atoms with van der Waals surface area (Å²) in [6.07, 6.45) is 0.548. The predicted octanol–water partition coefficient (Wildman–Crippen LogP) is 0.292. The van der Waals surface area contributed by atoms with Gasteiger partial charge in [-0.1, -0.05) is 12.1 Å². The fourth-order valence-corrected chi connectivity index (χ4v) is 1.82. The van der Waals surface area contributed by atoms with Crippen LogP contribution >= 0.6 is 0 Å². The molecule has 1 aromatic carbocycles. The molecule has 0 aliphatic carbocycles. The number of benzene rings is 1. The highest BCUT2D eigenvalue weighted by Gasteiger charge is 2.37. The SMILES string of the molecule is N#Cc1ccc(CNC(=O)C2(N)CCOC2)cc1. The number of ether oxygens (including phenoxy) is 1. The van der Waals surface area contributed by atoms with Gasteiger partial charge in [-0.25, -0.2) is 0 Å². The molecule has 5 nitrogen and oxygen atoms in total. The van der Waals surface area contributed by atoms with E-state index in [2.05, 4.69) is 5.32 Å². The standard InChI is InChI=1S/C13H15N3O2/c14-7-10-1-3-11(4-2-10)8-16-12(17)13(15)5-6-18-9-13/h1-4H,5-6,8-9,15H2,(H,16,17). The van der Waals surface area contributed by atoms with Gasteiger partial charge >= 0.3 is 0 Å². The number of carbonyl (C=O) groups excluding carboxylic acids is 1. The van der Waals surface area contributed by atoms with Crippen LogP contribution in [-0.2, 0) is 16.1 Å². The third-order valence-corrected chi connectivity index (χ3v) is 3.04. The Morgan fingerprint density at radius 2 is 2.22 bits per heavy atom. The number of carbonyl (C=O) groups is 1. The molecule has 0 bridgehead atoms.